The minimum Gasteiger partial charge on any atom is -0.312 e. The van der Waals surface area contributed by atoms with E-state index in [1.165, 1.54) is 0 Å². The van der Waals surface area contributed by atoms with Gasteiger partial charge in [-0.3, -0.25) is 4.90 Å². The summed E-state index contributed by atoms with van der Waals surface area (Å²) in [6.45, 7) is 6.85. The number of rotatable bonds is 8. The van der Waals surface area contributed by atoms with Crippen LogP contribution >= 0.6 is 0 Å². The van der Waals surface area contributed by atoms with E-state index in [0.717, 1.165) is 45.1 Å². The van der Waals surface area contributed by atoms with Gasteiger partial charge >= 0.3 is 6.18 Å². The predicted molar refractivity (Wildman–Crippen MR) is 81.4 cm³/mol. The molecular formula is C16H31F3N2. The lowest BCUT2D eigenvalue weighted by atomic mass is 9.80. The summed E-state index contributed by atoms with van der Waals surface area (Å²) in [4.78, 5) is 1.68. The van der Waals surface area contributed by atoms with E-state index in [1.54, 1.807) is 4.90 Å². The Morgan fingerprint density at radius 1 is 1.10 bits per heavy atom. The minimum absolute atomic E-state index is 0.0248. The Hall–Kier alpha value is -0.290. The van der Waals surface area contributed by atoms with E-state index in [9.17, 15) is 13.2 Å². The zero-order valence-electron chi connectivity index (χ0n) is 13.7. The van der Waals surface area contributed by atoms with Crippen LogP contribution in [0.4, 0.5) is 13.2 Å². The van der Waals surface area contributed by atoms with Gasteiger partial charge in [0.15, 0.2) is 0 Å². The number of nitrogens with one attached hydrogen (secondary N) is 1. The van der Waals surface area contributed by atoms with Gasteiger partial charge in [0.25, 0.3) is 0 Å². The van der Waals surface area contributed by atoms with E-state index in [4.69, 9.17) is 0 Å². The number of nitrogens with zero attached hydrogens (tertiary/aromatic N) is 1. The maximum atomic E-state index is 12.9. The molecule has 1 saturated carbocycles. The fraction of sp³-hybridized carbons (Fsp3) is 1.00. The second-order valence-electron chi connectivity index (χ2n) is 6.30. The van der Waals surface area contributed by atoms with Crippen molar-refractivity contribution in [2.75, 3.05) is 19.6 Å². The fourth-order valence-corrected chi connectivity index (χ4v) is 3.45. The normalized spacial score (nSPS) is 27.3. The Bertz CT molecular complexity index is 281. The third-order valence-corrected chi connectivity index (χ3v) is 4.52. The van der Waals surface area contributed by atoms with Gasteiger partial charge in [0, 0.05) is 12.1 Å². The molecule has 0 aromatic heterocycles. The van der Waals surface area contributed by atoms with Gasteiger partial charge in [-0.05, 0) is 51.1 Å². The lowest BCUT2D eigenvalue weighted by Gasteiger charge is -2.43. The third kappa shape index (κ3) is 6.55. The van der Waals surface area contributed by atoms with Gasteiger partial charge in [-0.2, -0.15) is 13.2 Å². The molecule has 0 aromatic rings. The molecule has 0 amide bonds. The molecule has 0 aromatic carbocycles. The van der Waals surface area contributed by atoms with Crippen LogP contribution in [-0.4, -0.2) is 42.8 Å². The van der Waals surface area contributed by atoms with Crippen LogP contribution in [0.1, 0.15) is 59.3 Å². The molecule has 3 unspecified atom stereocenters. The van der Waals surface area contributed by atoms with Crippen molar-refractivity contribution < 1.29 is 13.2 Å². The predicted octanol–water partition coefficient (Wildman–Crippen LogP) is 4.21. The molecule has 1 aliphatic carbocycles. The van der Waals surface area contributed by atoms with Crippen molar-refractivity contribution in [2.45, 2.75) is 77.6 Å². The molecule has 3 atom stereocenters. The van der Waals surface area contributed by atoms with Crippen LogP contribution in [0.2, 0.25) is 0 Å². The number of hydrogen-bond acceptors (Lipinski definition) is 2. The minimum atomic E-state index is -4.11. The van der Waals surface area contributed by atoms with Crippen LogP contribution in [0.5, 0.6) is 0 Å². The van der Waals surface area contributed by atoms with Crippen LogP contribution < -0.4 is 5.32 Å². The molecule has 0 bridgehead atoms. The summed E-state index contributed by atoms with van der Waals surface area (Å²) >= 11 is 0. The standard InChI is InChI=1S/C16H31F3N2/c1-4-9-20-14-8-7-13(6-3)11-15(14)21(10-5-2)12-16(17,18)19/h13-15,20H,4-12H2,1-3H3. The number of halogens is 3. The van der Waals surface area contributed by atoms with Crippen molar-refractivity contribution in [3.63, 3.8) is 0 Å². The lowest BCUT2D eigenvalue weighted by Crippen LogP contribution is -2.55. The summed E-state index contributed by atoms with van der Waals surface area (Å²) in [6, 6.07) is 0.235. The largest absolute Gasteiger partial charge is 0.401 e. The average Bonchev–Trinajstić information content (AvgIpc) is 2.43. The van der Waals surface area contributed by atoms with Gasteiger partial charge in [-0.1, -0.05) is 27.2 Å². The molecule has 1 rings (SSSR count). The third-order valence-electron chi connectivity index (χ3n) is 4.52. The Balaban J connectivity index is 2.79. The highest BCUT2D eigenvalue weighted by molar-refractivity contribution is 4.91. The van der Waals surface area contributed by atoms with E-state index >= 15 is 0 Å². The number of alkyl halides is 3. The Morgan fingerprint density at radius 2 is 1.81 bits per heavy atom. The Kier molecular flexibility index (Phi) is 8.03. The summed E-state index contributed by atoms with van der Waals surface area (Å²) in [5.41, 5.74) is 0. The molecule has 2 nitrogen and oxygen atoms in total. The van der Waals surface area contributed by atoms with E-state index < -0.39 is 12.7 Å². The van der Waals surface area contributed by atoms with Crippen molar-refractivity contribution in [1.29, 1.82) is 0 Å². The molecule has 5 heteroatoms. The monoisotopic (exact) mass is 308 g/mol. The SMILES string of the molecule is CCCNC1CCC(CC)CC1N(CCC)CC(F)(F)F. The molecule has 126 valence electrons. The highest BCUT2D eigenvalue weighted by Crippen LogP contribution is 2.32. The fourth-order valence-electron chi connectivity index (χ4n) is 3.45. The Labute approximate surface area is 127 Å². The zero-order chi connectivity index (χ0) is 15.9. The molecule has 21 heavy (non-hydrogen) atoms. The molecule has 0 spiro atoms. The summed E-state index contributed by atoms with van der Waals surface area (Å²) in [6.07, 6.45) is 1.79. The molecule has 0 aliphatic heterocycles. The van der Waals surface area contributed by atoms with E-state index in [-0.39, 0.29) is 12.1 Å². The first kappa shape index (κ1) is 18.8. The molecule has 1 aliphatic rings. The average molecular weight is 308 g/mol. The second-order valence-corrected chi connectivity index (χ2v) is 6.30. The topological polar surface area (TPSA) is 15.3 Å². The summed E-state index contributed by atoms with van der Waals surface area (Å²) in [5.74, 6) is 0.572. The quantitative estimate of drug-likeness (QED) is 0.722. The van der Waals surface area contributed by atoms with Crippen molar-refractivity contribution in [2.24, 2.45) is 5.92 Å². The van der Waals surface area contributed by atoms with Gasteiger partial charge in [0.05, 0.1) is 6.54 Å². The molecule has 0 saturated heterocycles. The van der Waals surface area contributed by atoms with Crippen molar-refractivity contribution in [1.82, 2.24) is 10.2 Å². The highest BCUT2D eigenvalue weighted by atomic mass is 19.4. The molecule has 0 radical (unpaired) electrons. The maximum absolute atomic E-state index is 12.9. The highest BCUT2D eigenvalue weighted by Gasteiger charge is 2.38. The van der Waals surface area contributed by atoms with Crippen molar-refractivity contribution in [3.8, 4) is 0 Å². The van der Waals surface area contributed by atoms with Gasteiger partial charge in [-0.25, -0.2) is 0 Å². The van der Waals surface area contributed by atoms with Crippen molar-refractivity contribution in [3.05, 3.63) is 0 Å². The summed E-state index contributed by atoms with van der Waals surface area (Å²) in [5, 5.41) is 3.48. The van der Waals surface area contributed by atoms with Crippen molar-refractivity contribution >= 4 is 0 Å². The van der Waals surface area contributed by atoms with Crippen LogP contribution in [0, 0.1) is 5.92 Å². The number of hydrogen-bond donors (Lipinski definition) is 1. The van der Waals surface area contributed by atoms with E-state index in [1.807, 2.05) is 6.92 Å². The van der Waals surface area contributed by atoms with Crippen LogP contribution in [0.25, 0.3) is 0 Å². The van der Waals surface area contributed by atoms with Gasteiger partial charge in [0.2, 0.25) is 0 Å². The second kappa shape index (κ2) is 8.99. The lowest BCUT2D eigenvalue weighted by molar-refractivity contribution is -0.154. The van der Waals surface area contributed by atoms with Crippen LogP contribution in [-0.2, 0) is 0 Å². The molecular weight excluding hydrogens is 277 g/mol. The first-order valence-electron chi connectivity index (χ1n) is 8.45. The van der Waals surface area contributed by atoms with Crippen LogP contribution in [0.3, 0.4) is 0 Å². The van der Waals surface area contributed by atoms with Gasteiger partial charge < -0.3 is 5.32 Å². The maximum Gasteiger partial charge on any atom is 0.401 e. The first-order valence-corrected chi connectivity index (χ1v) is 8.45. The van der Waals surface area contributed by atoms with Crippen LogP contribution in [0.15, 0.2) is 0 Å². The molecule has 1 N–H and O–H groups in total. The molecule has 1 fully saturated rings. The smallest absolute Gasteiger partial charge is 0.312 e. The van der Waals surface area contributed by atoms with E-state index in [2.05, 4.69) is 19.2 Å². The van der Waals surface area contributed by atoms with Gasteiger partial charge in [0.1, 0.15) is 0 Å². The molecule has 0 heterocycles. The van der Waals surface area contributed by atoms with E-state index in [0.29, 0.717) is 12.5 Å². The van der Waals surface area contributed by atoms with Gasteiger partial charge in [-0.15, -0.1) is 0 Å². The Morgan fingerprint density at radius 3 is 2.33 bits per heavy atom. The summed E-state index contributed by atoms with van der Waals surface area (Å²) < 4.78 is 38.6. The summed E-state index contributed by atoms with van der Waals surface area (Å²) in [7, 11) is 0. The zero-order valence-corrected chi connectivity index (χ0v) is 13.7. The first-order chi connectivity index (χ1) is 9.91.